The van der Waals surface area contributed by atoms with Crippen molar-refractivity contribution in [1.29, 1.82) is 0 Å². The number of nitrogens with zero attached hydrogens (tertiary/aromatic N) is 2. The van der Waals surface area contributed by atoms with E-state index in [9.17, 15) is 14.4 Å². The molecule has 0 atom stereocenters. The minimum absolute atomic E-state index is 0.135. The van der Waals surface area contributed by atoms with Crippen LogP contribution in [0.25, 0.3) is 22.6 Å². The summed E-state index contributed by atoms with van der Waals surface area (Å²) in [7, 11) is 0. The minimum Gasteiger partial charge on any atom is -0.478 e. The van der Waals surface area contributed by atoms with E-state index in [0.717, 1.165) is 0 Å². The van der Waals surface area contributed by atoms with E-state index in [2.05, 4.69) is 21.1 Å². The van der Waals surface area contributed by atoms with Crippen LogP contribution < -0.4 is 10.9 Å². The molecule has 0 saturated carbocycles. The molecule has 4 N–H and O–H groups in total. The van der Waals surface area contributed by atoms with Crippen LogP contribution in [0.3, 0.4) is 0 Å². The summed E-state index contributed by atoms with van der Waals surface area (Å²) in [5.41, 5.74) is 5.89. The summed E-state index contributed by atoms with van der Waals surface area (Å²) in [6.45, 7) is 0. The van der Waals surface area contributed by atoms with Gasteiger partial charge in [-0.15, -0.1) is 0 Å². The largest absolute Gasteiger partial charge is 0.478 e. The zero-order chi connectivity index (χ0) is 25.5. The number of carbonyl (C=O) groups is 3. The van der Waals surface area contributed by atoms with Crippen LogP contribution in [0.15, 0.2) is 91.8 Å². The Balaban J connectivity index is 1.29. The average molecular weight is 486 g/mol. The first-order valence-electron chi connectivity index (χ1n) is 10.4. The first kappa shape index (κ1) is 23.7. The monoisotopic (exact) mass is 486 g/mol. The minimum atomic E-state index is -1.04. The highest BCUT2D eigenvalue weighted by Crippen LogP contribution is 2.23. The molecule has 0 aliphatic rings. The lowest BCUT2D eigenvalue weighted by Gasteiger charge is -1.99. The summed E-state index contributed by atoms with van der Waals surface area (Å²) in [6.07, 6.45) is 2.55. The summed E-state index contributed by atoms with van der Waals surface area (Å²) in [5.74, 6) is -0.515. The fraction of sp³-hybridized carbons (Fsp3) is 0. The summed E-state index contributed by atoms with van der Waals surface area (Å²) >= 11 is 0. The molecule has 180 valence electrons. The van der Waals surface area contributed by atoms with Gasteiger partial charge in [0.15, 0.2) is 0 Å². The van der Waals surface area contributed by atoms with E-state index >= 15 is 0 Å². The van der Waals surface area contributed by atoms with Gasteiger partial charge in [0, 0.05) is 11.1 Å². The molecular weight excluding hydrogens is 468 g/mol. The molecule has 0 aliphatic heterocycles. The van der Waals surface area contributed by atoms with Crippen molar-refractivity contribution in [2.75, 3.05) is 0 Å². The predicted molar refractivity (Wildman–Crippen MR) is 129 cm³/mol. The number of benzene rings is 2. The average Bonchev–Trinajstić information content (AvgIpc) is 3.54. The molecule has 36 heavy (non-hydrogen) atoms. The van der Waals surface area contributed by atoms with Gasteiger partial charge in [-0.05, 0) is 48.5 Å². The Labute approximate surface area is 203 Å². The van der Waals surface area contributed by atoms with E-state index in [-0.39, 0.29) is 11.1 Å². The lowest BCUT2D eigenvalue weighted by atomic mass is 10.1. The normalized spacial score (nSPS) is 11.1. The molecule has 0 radical (unpaired) electrons. The van der Waals surface area contributed by atoms with Gasteiger partial charge in [0.05, 0.1) is 23.6 Å². The van der Waals surface area contributed by atoms with Crippen molar-refractivity contribution >= 4 is 30.4 Å². The van der Waals surface area contributed by atoms with Crippen molar-refractivity contribution in [2.24, 2.45) is 10.2 Å². The molecule has 0 saturated heterocycles. The molecule has 4 aromatic rings. The predicted octanol–water partition coefficient (Wildman–Crippen LogP) is 4.27. The topological polar surface area (TPSA) is 167 Å². The van der Waals surface area contributed by atoms with Gasteiger partial charge in [-0.1, -0.05) is 24.3 Å². The number of hydrazone groups is 2. The van der Waals surface area contributed by atoms with Crippen molar-refractivity contribution in [3.8, 4) is 22.6 Å². The second-order valence-electron chi connectivity index (χ2n) is 7.25. The lowest BCUT2D eigenvalue weighted by Crippen LogP contribution is -2.28. The first-order chi connectivity index (χ1) is 17.4. The molecule has 0 aliphatic carbocycles. The van der Waals surface area contributed by atoms with Crippen LogP contribution in [0.5, 0.6) is 0 Å². The smallest absolute Gasteiger partial charge is 0.355 e. The maximum atomic E-state index is 11.9. The zero-order valence-corrected chi connectivity index (χ0v) is 18.4. The third-order valence-corrected chi connectivity index (χ3v) is 4.76. The lowest BCUT2D eigenvalue weighted by molar-refractivity contribution is 0.0686. The Morgan fingerprint density at radius 3 is 1.53 bits per heavy atom. The number of carboxylic acids is 2. The molecule has 11 heteroatoms. The molecule has 4 rings (SSSR count). The zero-order valence-electron chi connectivity index (χ0n) is 18.4. The van der Waals surface area contributed by atoms with Gasteiger partial charge >= 0.3 is 18.0 Å². The number of carbonyl (C=O) groups excluding carboxylic acids is 1. The van der Waals surface area contributed by atoms with Crippen molar-refractivity contribution in [2.45, 2.75) is 0 Å². The highest BCUT2D eigenvalue weighted by Gasteiger charge is 2.09. The molecule has 2 aromatic carbocycles. The van der Waals surface area contributed by atoms with E-state index in [1.807, 2.05) is 0 Å². The number of aromatic carboxylic acids is 2. The second kappa shape index (κ2) is 10.7. The van der Waals surface area contributed by atoms with Crippen molar-refractivity contribution in [3.05, 3.63) is 95.4 Å². The molecule has 0 unspecified atom stereocenters. The van der Waals surface area contributed by atoms with E-state index in [1.54, 1.807) is 48.5 Å². The highest BCUT2D eigenvalue weighted by atomic mass is 16.4. The number of nitrogens with one attached hydrogen (secondary N) is 2. The van der Waals surface area contributed by atoms with Gasteiger partial charge in [0.25, 0.3) is 0 Å². The van der Waals surface area contributed by atoms with Gasteiger partial charge in [-0.25, -0.2) is 25.2 Å². The van der Waals surface area contributed by atoms with Crippen LogP contribution in [-0.2, 0) is 0 Å². The summed E-state index contributed by atoms with van der Waals surface area (Å²) < 4.78 is 11.2. The molecule has 0 bridgehead atoms. The van der Waals surface area contributed by atoms with Crippen LogP contribution in [0.1, 0.15) is 32.2 Å². The van der Waals surface area contributed by atoms with Gasteiger partial charge in [0.1, 0.15) is 23.0 Å². The molecular formula is C25H18N4O7. The first-order valence-corrected chi connectivity index (χ1v) is 10.4. The maximum absolute atomic E-state index is 11.9. The molecule has 2 heterocycles. The Kier molecular flexibility index (Phi) is 7.01. The number of rotatable bonds is 8. The molecule has 0 spiro atoms. The van der Waals surface area contributed by atoms with Gasteiger partial charge in [-0.2, -0.15) is 10.2 Å². The number of amides is 2. The Bertz CT molecular complexity index is 1370. The summed E-state index contributed by atoms with van der Waals surface area (Å²) in [4.78, 5) is 34.1. The maximum Gasteiger partial charge on any atom is 0.355 e. The van der Waals surface area contributed by atoms with Crippen molar-refractivity contribution in [1.82, 2.24) is 10.9 Å². The van der Waals surface area contributed by atoms with Gasteiger partial charge in [-0.3, -0.25) is 0 Å². The number of hydrogen-bond donors (Lipinski definition) is 4. The standard InChI is InChI=1S/C25H18N4O7/c30-23(31)17-5-1-3-15(11-17)21-9-7-19(35-21)13-26-28-25(34)29-27-14-20-8-10-22(36-20)16-4-2-6-18(12-16)24(32)33/h1-14H,(H,30,31)(H,32,33)(H2,28,29,34)/b26-13+,27-14?. The fourth-order valence-corrected chi connectivity index (χ4v) is 3.10. The highest BCUT2D eigenvalue weighted by molar-refractivity contribution is 5.90. The molecule has 2 aromatic heterocycles. The van der Waals surface area contributed by atoms with Crippen LogP contribution in [0.4, 0.5) is 4.79 Å². The quantitative estimate of drug-likeness (QED) is 0.213. The number of urea groups is 1. The fourth-order valence-electron chi connectivity index (χ4n) is 3.10. The van der Waals surface area contributed by atoms with Crippen LogP contribution in [-0.4, -0.2) is 40.6 Å². The van der Waals surface area contributed by atoms with E-state index in [1.165, 1.54) is 36.7 Å². The van der Waals surface area contributed by atoms with E-state index in [0.29, 0.717) is 34.2 Å². The SMILES string of the molecule is O=C(NN=Cc1ccc(-c2cccc(C(=O)O)c2)o1)N/N=C/c1ccc(-c2cccc(C(=O)O)c2)o1. The number of furan rings is 2. The Morgan fingerprint density at radius 2 is 1.11 bits per heavy atom. The van der Waals surface area contributed by atoms with Gasteiger partial charge in [0.2, 0.25) is 0 Å². The van der Waals surface area contributed by atoms with Gasteiger partial charge < -0.3 is 19.0 Å². The molecule has 11 nitrogen and oxygen atoms in total. The third-order valence-electron chi connectivity index (χ3n) is 4.76. The summed E-state index contributed by atoms with van der Waals surface area (Å²) in [5, 5.41) is 25.7. The van der Waals surface area contributed by atoms with Crippen LogP contribution in [0, 0.1) is 0 Å². The molecule has 0 fully saturated rings. The number of carboxylic acid groups (broad SMARTS) is 2. The summed E-state index contributed by atoms with van der Waals surface area (Å²) in [6, 6.07) is 18.4. The molecule has 2 amide bonds. The number of hydrogen-bond acceptors (Lipinski definition) is 7. The Morgan fingerprint density at radius 1 is 0.667 bits per heavy atom. The van der Waals surface area contributed by atoms with Crippen molar-refractivity contribution < 1.29 is 33.4 Å². The van der Waals surface area contributed by atoms with E-state index < -0.39 is 18.0 Å². The van der Waals surface area contributed by atoms with Crippen LogP contribution >= 0.6 is 0 Å². The van der Waals surface area contributed by atoms with Crippen LogP contribution in [0.2, 0.25) is 0 Å². The van der Waals surface area contributed by atoms with E-state index in [4.69, 9.17) is 19.0 Å². The Hall–Kier alpha value is -5.45. The second-order valence-corrected chi connectivity index (χ2v) is 7.25. The third kappa shape index (κ3) is 5.91. The van der Waals surface area contributed by atoms with Crippen molar-refractivity contribution in [3.63, 3.8) is 0 Å².